The van der Waals surface area contributed by atoms with Crippen molar-refractivity contribution >= 4 is 31.9 Å². The summed E-state index contributed by atoms with van der Waals surface area (Å²) in [7, 11) is 0. The van der Waals surface area contributed by atoms with E-state index < -0.39 is 5.82 Å². The Morgan fingerprint density at radius 3 is 2.88 bits per heavy atom. The summed E-state index contributed by atoms with van der Waals surface area (Å²) in [6, 6.07) is 1.46. The molecular weight excluding hydrogens is 345 g/mol. The van der Waals surface area contributed by atoms with Crippen molar-refractivity contribution in [1.82, 2.24) is 5.32 Å². The molecule has 1 fully saturated rings. The maximum atomic E-state index is 13.4. The smallest absolute Gasteiger partial charge is 0.155 e. The van der Waals surface area contributed by atoms with E-state index in [4.69, 9.17) is 4.74 Å². The Labute approximate surface area is 109 Å². The molecule has 88 valence electrons. The van der Waals surface area contributed by atoms with Crippen LogP contribution in [0.5, 0.6) is 5.75 Å². The second-order valence-corrected chi connectivity index (χ2v) is 5.15. The fraction of sp³-hybridized carbons (Fsp3) is 0.400. The second kappa shape index (κ2) is 5.00. The zero-order chi connectivity index (χ0) is 11.7. The lowest BCUT2D eigenvalue weighted by atomic mass is 10.1. The number of aromatic hydroxyl groups is 1. The first kappa shape index (κ1) is 12.3. The Morgan fingerprint density at radius 2 is 2.25 bits per heavy atom. The highest BCUT2D eigenvalue weighted by Crippen LogP contribution is 2.38. The van der Waals surface area contributed by atoms with Crippen LogP contribution in [0.2, 0.25) is 0 Å². The first-order valence-corrected chi connectivity index (χ1v) is 6.37. The van der Waals surface area contributed by atoms with Crippen LogP contribution >= 0.6 is 31.9 Å². The number of morpholine rings is 1. The van der Waals surface area contributed by atoms with Crippen LogP contribution in [0.4, 0.5) is 4.39 Å². The Bertz CT molecular complexity index is 408. The number of benzene rings is 1. The number of rotatable bonds is 1. The van der Waals surface area contributed by atoms with Gasteiger partial charge in [-0.2, -0.15) is 0 Å². The SMILES string of the molecule is Oc1c([C@@H]2COCCN2)cc(Br)c(F)c1Br. The van der Waals surface area contributed by atoms with Gasteiger partial charge in [0.2, 0.25) is 0 Å². The minimum absolute atomic E-state index is 0.0734. The number of nitrogens with one attached hydrogen (secondary N) is 1. The third-order valence-corrected chi connectivity index (χ3v) is 3.76. The van der Waals surface area contributed by atoms with Gasteiger partial charge in [0.1, 0.15) is 5.75 Å². The number of phenolic OH excluding ortho intramolecular Hbond substituents is 1. The average Bonchev–Trinajstić information content (AvgIpc) is 2.32. The molecule has 1 heterocycles. The highest BCUT2D eigenvalue weighted by Gasteiger charge is 2.23. The molecule has 16 heavy (non-hydrogen) atoms. The molecule has 1 saturated heterocycles. The van der Waals surface area contributed by atoms with Crippen LogP contribution in [0.1, 0.15) is 11.6 Å². The average molecular weight is 355 g/mol. The van der Waals surface area contributed by atoms with Crippen LogP contribution in [0.3, 0.4) is 0 Å². The summed E-state index contributed by atoms with van der Waals surface area (Å²) in [5.74, 6) is -0.582. The largest absolute Gasteiger partial charge is 0.506 e. The van der Waals surface area contributed by atoms with Gasteiger partial charge in [0, 0.05) is 12.1 Å². The van der Waals surface area contributed by atoms with Crippen molar-refractivity contribution in [3.8, 4) is 5.75 Å². The van der Waals surface area contributed by atoms with Gasteiger partial charge >= 0.3 is 0 Å². The predicted molar refractivity (Wildman–Crippen MR) is 65.0 cm³/mol. The Kier molecular flexibility index (Phi) is 3.84. The van der Waals surface area contributed by atoms with E-state index in [9.17, 15) is 9.50 Å². The second-order valence-electron chi connectivity index (χ2n) is 3.51. The molecule has 0 unspecified atom stereocenters. The van der Waals surface area contributed by atoms with E-state index in [1.54, 1.807) is 6.07 Å². The third kappa shape index (κ3) is 2.25. The summed E-state index contributed by atoms with van der Waals surface area (Å²) >= 11 is 6.14. The molecule has 2 N–H and O–H groups in total. The molecule has 1 aromatic rings. The summed E-state index contributed by atoms with van der Waals surface area (Å²) in [6.07, 6.45) is 0. The molecule has 1 aliphatic rings. The fourth-order valence-corrected chi connectivity index (χ4v) is 2.79. The third-order valence-electron chi connectivity index (χ3n) is 2.46. The van der Waals surface area contributed by atoms with Gasteiger partial charge in [-0.1, -0.05) is 0 Å². The topological polar surface area (TPSA) is 41.5 Å². The Balaban J connectivity index is 2.40. The van der Waals surface area contributed by atoms with E-state index in [1.165, 1.54) is 0 Å². The summed E-state index contributed by atoms with van der Waals surface area (Å²) in [6.45, 7) is 1.84. The first-order chi connectivity index (χ1) is 7.61. The minimum atomic E-state index is -0.502. The monoisotopic (exact) mass is 353 g/mol. The first-order valence-electron chi connectivity index (χ1n) is 4.78. The lowest BCUT2D eigenvalue weighted by molar-refractivity contribution is 0.0760. The lowest BCUT2D eigenvalue weighted by Gasteiger charge is -2.25. The van der Waals surface area contributed by atoms with Gasteiger partial charge in [0.25, 0.3) is 0 Å². The van der Waals surface area contributed by atoms with E-state index in [-0.39, 0.29) is 16.3 Å². The van der Waals surface area contributed by atoms with Gasteiger partial charge < -0.3 is 15.2 Å². The molecule has 3 nitrogen and oxygen atoms in total. The van der Waals surface area contributed by atoms with Crippen LogP contribution < -0.4 is 5.32 Å². The van der Waals surface area contributed by atoms with E-state index >= 15 is 0 Å². The normalized spacial score (nSPS) is 21.1. The van der Waals surface area contributed by atoms with E-state index in [2.05, 4.69) is 37.2 Å². The predicted octanol–water partition coefficient (Wildman–Crippen LogP) is 2.72. The van der Waals surface area contributed by atoms with E-state index in [0.717, 1.165) is 6.54 Å². The number of ether oxygens (including phenoxy) is 1. The van der Waals surface area contributed by atoms with Crippen LogP contribution in [-0.2, 0) is 4.74 Å². The zero-order valence-electron chi connectivity index (χ0n) is 8.27. The standard InChI is InChI=1S/C10H10Br2FNO2/c11-6-3-5(7-4-16-2-1-14-7)10(15)8(12)9(6)13/h3,7,14-15H,1-2,4H2/t7-/m0/s1. The summed E-state index contributed by atoms with van der Waals surface area (Å²) in [5, 5.41) is 13.1. The number of phenols is 1. The molecule has 6 heteroatoms. The maximum absolute atomic E-state index is 13.4. The van der Waals surface area contributed by atoms with E-state index in [1.807, 2.05) is 0 Å². The van der Waals surface area contributed by atoms with Crippen LogP contribution in [0.15, 0.2) is 15.0 Å². The zero-order valence-corrected chi connectivity index (χ0v) is 11.4. The minimum Gasteiger partial charge on any atom is -0.506 e. The molecular formula is C10H10Br2FNO2. The number of hydrogen-bond acceptors (Lipinski definition) is 3. The summed E-state index contributed by atoms with van der Waals surface area (Å²) < 4.78 is 19.1. The van der Waals surface area contributed by atoms with Crippen molar-refractivity contribution in [2.45, 2.75) is 6.04 Å². The number of hydrogen-bond donors (Lipinski definition) is 2. The van der Waals surface area contributed by atoms with Crippen LogP contribution in [0.25, 0.3) is 0 Å². The molecule has 0 aromatic heterocycles. The van der Waals surface area contributed by atoms with Crippen LogP contribution in [-0.4, -0.2) is 24.9 Å². The van der Waals surface area contributed by atoms with Crippen LogP contribution in [0, 0.1) is 5.82 Å². The summed E-state index contributed by atoms with van der Waals surface area (Å²) in [4.78, 5) is 0. The molecule has 1 atom stereocenters. The van der Waals surface area contributed by atoms with Crippen molar-refractivity contribution in [1.29, 1.82) is 0 Å². The molecule has 0 bridgehead atoms. The van der Waals surface area contributed by atoms with Crippen molar-refractivity contribution in [3.63, 3.8) is 0 Å². The summed E-state index contributed by atoms with van der Waals surface area (Å²) in [5.41, 5.74) is 0.625. The molecule has 2 rings (SSSR count). The van der Waals surface area contributed by atoms with Crippen molar-refractivity contribution < 1.29 is 14.2 Å². The van der Waals surface area contributed by atoms with Gasteiger partial charge in [0.05, 0.1) is 28.2 Å². The van der Waals surface area contributed by atoms with Gasteiger partial charge in [-0.05, 0) is 37.9 Å². The highest BCUT2D eigenvalue weighted by atomic mass is 79.9. The van der Waals surface area contributed by atoms with Gasteiger partial charge in [-0.15, -0.1) is 0 Å². The van der Waals surface area contributed by atoms with Crippen molar-refractivity contribution in [2.24, 2.45) is 0 Å². The Morgan fingerprint density at radius 1 is 1.50 bits per heavy atom. The van der Waals surface area contributed by atoms with Crippen molar-refractivity contribution in [2.75, 3.05) is 19.8 Å². The quantitative estimate of drug-likeness (QED) is 0.762. The van der Waals surface area contributed by atoms with Gasteiger partial charge in [-0.3, -0.25) is 0 Å². The molecule has 0 aliphatic carbocycles. The molecule has 1 aliphatic heterocycles. The lowest BCUT2D eigenvalue weighted by Crippen LogP contribution is -2.34. The highest BCUT2D eigenvalue weighted by molar-refractivity contribution is 9.11. The molecule has 0 spiro atoms. The Hall–Kier alpha value is -0.170. The molecule has 0 saturated carbocycles. The molecule has 0 radical (unpaired) electrons. The molecule has 0 amide bonds. The molecule has 1 aromatic carbocycles. The fourth-order valence-electron chi connectivity index (χ4n) is 1.63. The van der Waals surface area contributed by atoms with Crippen molar-refractivity contribution in [3.05, 3.63) is 26.4 Å². The number of halogens is 3. The van der Waals surface area contributed by atoms with E-state index in [0.29, 0.717) is 23.2 Å². The van der Waals surface area contributed by atoms with Gasteiger partial charge in [0.15, 0.2) is 5.82 Å². The maximum Gasteiger partial charge on any atom is 0.155 e. The van der Waals surface area contributed by atoms with Gasteiger partial charge in [-0.25, -0.2) is 4.39 Å².